The van der Waals surface area contributed by atoms with E-state index in [9.17, 15) is 0 Å². The molecule has 2 nitrogen and oxygen atoms in total. The first-order chi connectivity index (χ1) is 7.26. The summed E-state index contributed by atoms with van der Waals surface area (Å²) >= 11 is 7.56. The summed E-state index contributed by atoms with van der Waals surface area (Å²) in [7, 11) is 0. The van der Waals surface area contributed by atoms with Crippen LogP contribution in [-0.2, 0) is 6.54 Å². The molecule has 0 fully saturated rings. The molecule has 0 amide bonds. The zero-order chi connectivity index (χ0) is 11.1. The number of halogens is 1. The Kier molecular flexibility index (Phi) is 6.25. The van der Waals surface area contributed by atoms with E-state index in [1.165, 1.54) is 17.7 Å². The van der Waals surface area contributed by atoms with Crippen LogP contribution in [0.25, 0.3) is 0 Å². The van der Waals surface area contributed by atoms with Crippen LogP contribution < -0.4 is 5.73 Å². The van der Waals surface area contributed by atoms with Crippen molar-refractivity contribution in [1.29, 1.82) is 0 Å². The van der Waals surface area contributed by atoms with Gasteiger partial charge in [-0.2, -0.15) is 0 Å². The Morgan fingerprint density at radius 2 is 2.20 bits per heavy atom. The third-order valence-electron chi connectivity index (χ3n) is 2.28. The van der Waals surface area contributed by atoms with Crippen LogP contribution in [0, 0.1) is 0 Å². The molecule has 0 bridgehead atoms. The highest BCUT2D eigenvalue weighted by Gasteiger charge is 2.06. The summed E-state index contributed by atoms with van der Waals surface area (Å²) in [4.78, 5) is 3.72. The lowest BCUT2D eigenvalue weighted by atomic mass is 10.3. The second-order valence-electron chi connectivity index (χ2n) is 3.62. The molecule has 15 heavy (non-hydrogen) atoms. The Morgan fingerprint density at radius 1 is 1.40 bits per heavy atom. The van der Waals surface area contributed by atoms with Crippen LogP contribution in [0.4, 0.5) is 0 Å². The number of hydrogen-bond donors (Lipinski definition) is 1. The third kappa shape index (κ3) is 4.98. The van der Waals surface area contributed by atoms with Crippen molar-refractivity contribution in [1.82, 2.24) is 4.90 Å². The van der Waals surface area contributed by atoms with E-state index in [1.54, 1.807) is 11.3 Å². The second kappa shape index (κ2) is 7.23. The van der Waals surface area contributed by atoms with Gasteiger partial charge >= 0.3 is 0 Å². The summed E-state index contributed by atoms with van der Waals surface area (Å²) in [6, 6.07) is 4.06. The average Bonchev–Trinajstić information content (AvgIpc) is 2.61. The molecule has 86 valence electrons. The summed E-state index contributed by atoms with van der Waals surface area (Å²) in [6.07, 6.45) is 2.46. The van der Waals surface area contributed by atoms with E-state index >= 15 is 0 Å². The first-order valence-corrected chi connectivity index (χ1v) is 6.62. The minimum atomic E-state index is 0.725. The van der Waals surface area contributed by atoms with Crippen LogP contribution >= 0.6 is 22.9 Å². The molecular weight excluding hydrogens is 228 g/mol. The van der Waals surface area contributed by atoms with Gasteiger partial charge in [0.1, 0.15) is 0 Å². The molecule has 0 aliphatic heterocycles. The molecule has 0 spiro atoms. The summed E-state index contributed by atoms with van der Waals surface area (Å²) in [5.74, 6) is 0. The van der Waals surface area contributed by atoms with Crippen molar-refractivity contribution in [3.63, 3.8) is 0 Å². The predicted octanol–water partition coefficient (Wildman–Crippen LogP) is 2.96. The molecule has 0 aliphatic rings. The molecule has 0 unspecified atom stereocenters. The Bertz CT molecular complexity index is 275. The Hall–Kier alpha value is -0.0900. The zero-order valence-corrected chi connectivity index (χ0v) is 10.8. The standard InChI is InChI=1S/C11H19ClN2S/c1-2-3-7-14(8-6-13)9-10-4-5-11(12)15-10/h4-5H,2-3,6-9,13H2,1H3. The van der Waals surface area contributed by atoms with E-state index in [0.29, 0.717) is 0 Å². The molecule has 1 rings (SSSR count). The van der Waals surface area contributed by atoms with Gasteiger partial charge in [-0.1, -0.05) is 24.9 Å². The van der Waals surface area contributed by atoms with Crippen LogP contribution in [0.15, 0.2) is 12.1 Å². The first-order valence-electron chi connectivity index (χ1n) is 5.43. The fourth-order valence-corrected chi connectivity index (χ4v) is 2.62. The Balaban J connectivity index is 2.42. The van der Waals surface area contributed by atoms with Gasteiger partial charge in [0.2, 0.25) is 0 Å². The zero-order valence-electron chi connectivity index (χ0n) is 9.21. The van der Waals surface area contributed by atoms with Gasteiger partial charge < -0.3 is 5.73 Å². The van der Waals surface area contributed by atoms with Gasteiger partial charge in [0.15, 0.2) is 0 Å². The van der Waals surface area contributed by atoms with E-state index in [4.69, 9.17) is 17.3 Å². The van der Waals surface area contributed by atoms with Gasteiger partial charge in [0.05, 0.1) is 4.34 Å². The number of nitrogens with two attached hydrogens (primary N) is 1. The lowest BCUT2D eigenvalue weighted by Gasteiger charge is -2.20. The average molecular weight is 247 g/mol. The molecule has 0 atom stereocenters. The minimum Gasteiger partial charge on any atom is -0.329 e. The summed E-state index contributed by atoms with van der Waals surface area (Å²) in [5.41, 5.74) is 5.60. The van der Waals surface area contributed by atoms with Gasteiger partial charge in [0.25, 0.3) is 0 Å². The highest BCUT2D eigenvalue weighted by molar-refractivity contribution is 7.16. The van der Waals surface area contributed by atoms with E-state index in [-0.39, 0.29) is 0 Å². The number of nitrogens with zero attached hydrogens (tertiary/aromatic N) is 1. The second-order valence-corrected chi connectivity index (χ2v) is 5.42. The Morgan fingerprint density at radius 3 is 2.73 bits per heavy atom. The smallest absolute Gasteiger partial charge is 0.0931 e. The lowest BCUT2D eigenvalue weighted by molar-refractivity contribution is 0.271. The molecule has 2 N–H and O–H groups in total. The Labute approximate surface area is 101 Å². The van der Waals surface area contributed by atoms with E-state index in [0.717, 1.165) is 30.5 Å². The van der Waals surface area contributed by atoms with Crippen molar-refractivity contribution >= 4 is 22.9 Å². The first kappa shape index (κ1) is 13.0. The number of thiophene rings is 1. The number of rotatable bonds is 7. The van der Waals surface area contributed by atoms with Gasteiger partial charge in [-0.05, 0) is 25.1 Å². The molecular formula is C11H19ClN2S. The molecule has 0 radical (unpaired) electrons. The van der Waals surface area contributed by atoms with Gasteiger partial charge in [-0.15, -0.1) is 11.3 Å². The molecule has 0 aromatic carbocycles. The van der Waals surface area contributed by atoms with Crippen LogP contribution in [0.5, 0.6) is 0 Å². The van der Waals surface area contributed by atoms with E-state index in [2.05, 4.69) is 17.9 Å². The number of hydrogen-bond acceptors (Lipinski definition) is 3. The van der Waals surface area contributed by atoms with E-state index < -0.39 is 0 Å². The minimum absolute atomic E-state index is 0.725. The molecule has 0 saturated heterocycles. The third-order valence-corrected chi connectivity index (χ3v) is 3.50. The lowest BCUT2D eigenvalue weighted by Crippen LogP contribution is -2.29. The largest absolute Gasteiger partial charge is 0.329 e. The SMILES string of the molecule is CCCCN(CCN)Cc1ccc(Cl)s1. The summed E-state index contributed by atoms with van der Waals surface area (Å²) in [6.45, 7) is 6.01. The number of unbranched alkanes of at least 4 members (excludes halogenated alkanes) is 1. The van der Waals surface area contributed by atoms with Crippen molar-refractivity contribution < 1.29 is 0 Å². The maximum Gasteiger partial charge on any atom is 0.0931 e. The van der Waals surface area contributed by atoms with E-state index in [1.807, 2.05) is 6.07 Å². The van der Waals surface area contributed by atoms with Crippen molar-refractivity contribution in [3.8, 4) is 0 Å². The summed E-state index contributed by atoms with van der Waals surface area (Å²) in [5, 5.41) is 0. The van der Waals surface area contributed by atoms with Gasteiger partial charge in [-0.25, -0.2) is 0 Å². The van der Waals surface area contributed by atoms with Crippen LogP contribution in [0.3, 0.4) is 0 Å². The van der Waals surface area contributed by atoms with Crippen LogP contribution in [0.2, 0.25) is 4.34 Å². The monoisotopic (exact) mass is 246 g/mol. The molecule has 0 saturated carbocycles. The highest BCUT2D eigenvalue weighted by atomic mass is 35.5. The van der Waals surface area contributed by atoms with Crippen molar-refractivity contribution in [2.45, 2.75) is 26.3 Å². The maximum atomic E-state index is 5.90. The van der Waals surface area contributed by atoms with Crippen molar-refractivity contribution in [2.75, 3.05) is 19.6 Å². The van der Waals surface area contributed by atoms with Crippen molar-refractivity contribution in [3.05, 3.63) is 21.3 Å². The fraction of sp³-hybridized carbons (Fsp3) is 0.636. The van der Waals surface area contributed by atoms with Crippen LogP contribution in [-0.4, -0.2) is 24.5 Å². The summed E-state index contributed by atoms with van der Waals surface area (Å²) < 4.78 is 0.869. The molecule has 1 aromatic heterocycles. The normalized spacial score (nSPS) is 11.2. The van der Waals surface area contributed by atoms with Gasteiger partial charge in [0, 0.05) is 24.5 Å². The molecule has 1 heterocycles. The van der Waals surface area contributed by atoms with Crippen LogP contribution in [0.1, 0.15) is 24.6 Å². The fourth-order valence-electron chi connectivity index (χ4n) is 1.49. The highest BCUT2D eigenvalue weighted by Crippen LogP contribution is 2.22. The topological polar surface area (TPSA) is 29.3 Å². The predicted molar refractivity (Wildman–Crippen MR) is 68.6 cm³/mol. The molecule has 4 heteroatoms. The maximum absolute atomic E-state index is 5.90. The quantitative estimate of drug-likeness (QED) is 0.802. The molecule has 1 aromatic rings. The van der Waals surface area contributed by atoms with Crippen molar-refractivity contribution in [2.24, 2.45) is 5.73 Å². The van der Waals surface area contributed by atoms with Gasteiger partial charge in [-0.3, -0.25) is 4.90 Å². The molecule has 0 aliphatic carbocycles.